The standard InChI is InChI=1S/C23H23ClN2O3S/c1-17-7-13-21(14-8-17)30(28,29)26-22(15-18-5-3-2-4-6-18)23(27)25-16-19-9-11-20(24)12-10-19/h2-14,22,26H,15-16H2,1H3,(H,25,27)/t22-/m0/s1. The Balaban J connectivity index is 1.77. The predicted octanol–water partition coefficient (Wildman–Crippen LogP) is 3.85. The first-order valence-electron chi connectivity index (χ1n) is 9.48. The fourth-order valence-corrected chi connectivity index (χ4v) is 4.25. The van der Waals surface area contributed by atoms with Gasteiger partial charge in [-0.25, -0.2) is 8.42 Å². The number of halogens is 1. The van der Waals surface area contributed by atoms with Crippen LogP contribution in [0.15, 0.2) is 83.8 Å². The van der Waals surface area contributed by atoms with Crippen molar-refractivity contribution >= 4 is 27.5 Å². The van der Waals surface area contributed by atoms with Gasteiger partial charge in [-0.05, 0) is 48.7 Å². The number of hydrogen-bond donors (Lipinski definition) is 2. The molecule has 0 aliphatic carbocycles. The third-order valence-corrected chi connectivity index (χ3v) is 6.35. The molecule has 0 aliphatic rings. The van der Waals surface area contributed by atoms with E-state index in [0.29, 0.717) is 5.02 Å². The molecule has 0 saturated carbocycles. The second-order valence-corrected chi connectivity index (χ2v) is 9.17. The number of sulfonamides is 1. The second kappa shape index (κ2) is 9.89. The smallest absolute Gasteiger partial charge is 0.241 e. The summed E-state index contributed by atoms with van der Waals surface area (Å²) in [6.45, 7) is 2.15. The van der Waals surface area contributed by atoms with Crippen molar-refractivity contribution in [2.75, 3.05) is 0 Å². The van der Waals surface area contributed by atoms with Crippen molar-refractivity contribution in [1.82, 2.24) is 10.0 Å². The lowest BCUT2D eigenvalue weighted by molar-refractivity contribution is -0.122. The van der Waals surface area contributed by atoms with E-state index < -0.39 is 22.0 Å². The summed E-state index contributed by atoms with van der Waals surface area (Å²) in [5.41, 5.74) is 2.68. The molecule has 0 unspecified atom stereocenters. The van der Waals surface area contributed by atoms with Gasteiger partial charge in [0.25, 0.3) is 0 Å². The van der Waals surface area contributed by atoms with Crippen LogP contribution in [0, 0.1) is 6.92 Å². The summed E-state index contributed by atoms with van der Waals surface area (Å²) in [4.78, 5) is 13.0. The Morgan fingerprint density at radius 2 is 1.53 bits per heavy atom. The van der Waals surface area contributed by atoms with Crippen LogP contribution in [0.3, 0.4) is 0 Å². The molecule has 3 aromatic carbocycles. The molecule has 2 N–H and O–H groups in total. The maximum Gasteiger partial charge on any atom is 0.241 e. The van der Waals surface area contributed by atoms with E-state index in [0.717, 1.165) is 16.7 Å². The fourth-order valence-electron chi connectivity index (χ4n) is 2.93. The molecule has 0 saturated heterocycles. The minimum atomic E-state index is -3.86. The Labute approximate surface area is 182 Å². The highest BCUT2D eigenvalue weighted by molar-refractivity contribution is 7.89. The molecule has 0 aliphatic heterocycles. The van der Waals surface area contributed by atoms with E-state index in [1.165, 1.54) is 12.1 Å². The van der Waals surface area contributed by atoms with Crippen molar-refractivity contribution in [2.45, 2.75) is 30.8 Å². The van der Waals surface area contributed by atoms with Crippen molar-refractivity contribution in [3.63, 3.8) is 0 Å². The summed E-state index contributed by atoms with van der Waals surface area (Å²) in [6, 6.07) is 22.0. The molecule has 0 aromatic heterocycles. The van der Waals surface area contributed by atoms with Gasteiger partial charge >= 0.3 is 0 Å². The summed E-state index contributed by atoms with van der Waals surface area (Å²) in [6.07, 6.45) is 0.235. The summed E-state index contributed by atoms with van der Waals surface area (Å²) >= 11 is 5.89. The Bertz CT molecular complexity index is 1080. The number of hydrogen-bond acceptors (Lipinski definition) is 3. The molecule has 3 aromatic rings. The van der Waals surface area contributed by atoms with Gasteiger partial charge in [-0.2, -0.15) is 4.72 Å². The molecule has 0 fully saturated rings. The van der Waals surface area contributed by atoms with Crippen LogP contribution in [0.4, 0.5) is 0 Å². The lowest BCUT2D eigenvalue weighted by Crippen LogP contribution is -2.47. The van der Waals surface area contributed by atoms with Crippen LogP contribution in [0.25, 0.3) is 0 Å². The zero-order valence-electron chi connectivity index (χ0n) is 16.5. The van der Waals surface area contributed by atoms with E-state index in [4.69, 9.17) is 11.6 Å². The third-order valence-electron chi connectivity index (χ3n) is 4.61. The van der Waals surface area contributed by atoms with E-state index in [1.807, 2.05) is 49.4 Å². The normalized spacial score (nSPS) is 12.3. The molecule has 156 valence electrons. The van der Waals surface area contributed by atoms with Crippen LogP contribution in [-0.4, -0.2) is 20.4 Å². The lowest BCUT2D eigenvalue weighted by atomic mass is 10.1. The second-order valence-electron chi connectivity index (χ2n) is 7.02. The number of benzene rings is 3. The molecule has 0 spiro atoms. The Morgan fingerprint density at radius 1 is 0.900 bits per heavy atom. The van der Waals surface area contributed by atoms with Crippen LogP contribution in [0.2, 0.25) is 5.02 Å². The van der Waals surface area contributed by atoms with Gasteiger partial charge in [-0.3, -0.25) is 4.79 Å². The molecule has 30 heavy (non-hydrogen) atoms. The van der Waals surface area contributed by atoms with E-state index in [-0.39, 0.29) is 17.9 Å². The van der Waals surface area contributed by atoms with E-state index >= 15 is 0 Å². The molecule has 1 atom stereocenters. The number of carbonyl (C=O) groups excluding carboxylic acids is 1. The zero-order chi connectivity index (χ0) is 21.6. The minimum Gasteiger partial charge on any atom is -0.351 e. The van der Waals surface area contributed by atoms with Gasteiger partial charge in [0, 0.05) is 11.6 Å². The molecule has 5 nitrogen and oxygen atoms in total. The zero-order valence-corrected chi connectivity index (χ0v) is 18.1. The first kappa shape index (κ1) is 22.0. The van der Waals surface area contributed by atoms with Crippen molar-refractivity contribution < 1.29 is 13.2 Å². The van der Waals surface area contributed by atoms with Gasteiger partial charge in [0.2, 0.25) is 15.9 Å². The topological polar surface area (TPSA) is 75.3 Å². The highest BCUT2D eigenvalue weighted by Gasteiger charge is 2.26. The van der Waals surface area contributed by atoms with Gasteiger partial charge < -0.3 is 5.32 Å². The highest BCUT2D eigenvalue weighted by Crippen LogP contribution is 2.13. The quantitative estimate of drug-likeness (QED) is 0.556. The highest BCUT2D eigenvalue weighted by atomic mass is 35.5. The van der Waals surface area contributed by atoms with E-state index in [9.17, 15) is 13.2 Å². The molecule has 3 rings (SSSR count). The number of aryl methyl sites for hydroxylation is 1. The third kappa shape index (κ3) is 6.16. The van der Waals surface area contributed by atoms with Crippen molar-refractivity contribution in [3.8, 4) is 0 Å². The van der Waals surface area contributed by atoms with E-state index in [2.05, 4.69) is 10.0 Å². The summed E-state index contributed by atoms with van der Waals surface area (Å²) < 4.78 is 28.3. The lowest BCUT2D eigenvalue weighted by Gasteiger charge is -2.19. The fraction of sp³-hybridized carbons (Fsp3) is 0.174. The van der Waals surface area contributed by atoms with Crippen LogP contribution >= 0.6 is 11.6 Å². The molecule has 0 heterocycles. The van der Waals surface area contributed by atoms with Crippen LogP contribution in [0.5, 0.6) is 0 Å². The molecule has 7 heteroatoms. The van der Waals surface area contributed by atoms with Gasteiger partial charge in [0.1, 0.15) is 6.04 Å². The molecular formula is C23H23ClN2O3S. The number of amides is 1. The summed E-state index contributed by atoms with van der Waals surface area (Å²) in [5, 5.41) is 3.42. The maximum atomic E-state index is 12.9. The molecular weight excluding hydrogens is 420 g/mol. The largest absolute Gasteiger partial charge is 0.351 e. The van der Waals surface area contributed by atoms with Gasteiger partial charge in [0.15, 0.2) is 0 Å². The Kier molecular flexibility index (Phi) is 7.26. The van der Waals surface area contributed by atoms with Crippen LogP contribution < -0.4 is 10.0 Å². The molecule has 1 amide bonds. The Hall–Kier alpha value is -2.67. The predicted molar refractivity (Wildman–Crippen MR) is 119 cm³/mol. The summed E-state index contributed by atoms with van der Waals surface area (Å²) in [5.74, 6) is -0.399. The first-order chi connectivity index (χ1) is 14.3. The van der Waals surface area contributed by atoms with Gasteiger partial charge in [-0.1, -0.05) is 71.8 Å². The number of carbonyl (C=O) groups is 1. The van der Waals surface area contributed by atoms with Crippen molar-refractivity contribution in [3.05, 3.63) is 101 Å². The number of nitrogens with one attached hydrogen (secondary N) is 2. The number of rotatable bonds is 8. The SMILES string of the molecule is Cc1ccc(S(=O)(=O)N[C@@H](Cc2ccccc2)C(=O)NCc2ccc(Cl)cc2)cc1. The van der Waals surface area contributed by atoms with Crippen molar-refractivity contribution in [1.29, 1.82) is 0 Å². The Morgan fingerprint density at radius 3 is 2.17 bits per heavy atom. The first-order valence-corrected chi connectivity index (χ1v) is 11.3. The van der Waals surface area contributed by atoms with E-state index in [1.54, 1.807) is 24.3 Å². The minimum absolute atomic E-state index is 0.122. The van der Waals surface area contributed by atoms with Crippen molar-refractivity contribution in [2.24, 2.45) is 0 Å². The summed E-state index contributed by atoms with van der Waals surface area (Å²) in [7, 11) is -3.86. The van der Waals surface area contributed by atoms with Gasteiger partial charge in [0.05, 0.1) is 4.90 Å². The van der Waals surface area contributed by atoms with Crippen LogP contribution in [-0.2, 0) is 27.8 Å². The molecule has 0 bridgehead atoms. The van der Waals surface area contributed by atoms with Gasteiger partial charge in [-0.15, -0.1) is 0 Å². The van der Waals surface area contributed by atoms with Crippen LogP contribution in [0.1, 0.15) is 16.7 Å². The average molecular weight is 443 g/mol. The maximum absolute atomic E-state index is 12.9. The average Bonchev–Trinajstić information content (AvgIpc) is 2.73. The molecule has 0 radical (unpaired) electrons. The monoisotopic (exact) mass is 442 g/mol.